The van der Waals surface area contributed by atoms with Crippen LogP contribution in [0.2, 0.25) is 0 Å². The lowest BCUT2D eigenvalue weighted by molar-refractivity contribution is -0.116. The molecule has 0 bridgehead atoms. The first-order valence-corrected chi connectivity index (χ1v) is 4.40. The molecule has 0 atom stereocenters. The molecule has 0 amide bonds. The van der Waals surface area contributed by atoms with Crippen molar-refractivity contribution in [3.8, 4) is 0 Å². The van der Waals surface area contributed by atoms with Crippen LogP contribution in [0.4, 0.5) is 0 Å². The number of hydrogen-bond acceptors (Lipinski definition) is 1. The molecule has 0 aliphatic rings. The Labute approximate surface area is 79.1 Å². The number of rotatable bonds is 3. The number of benzene rings is 1. The van der Waals surface area contributed by atoms with Crippen molar-refractivity contribution in [2.75, 3.05) is 0 Å². The molecule has 1 aromatic rings. The first kappa shape index (κ1) is 9.72. The van der Waals surface area contributed by atoms with Gasteiger partial charge < -0.3 is 0 Å². The van der Waals surface area contributed by atoms with Crippen LogP contribution in [0.5, 0.6) is 0 Å². The predicted octanol–water partition coefficient (Wildman–Crippen LogP) is 3.07. The number of carbonyl (C=O) groups excluding carboxylic acids is 1. The lowest BCUT2D eigenvalue weighted by Crippen LogP contribution is -1.89. The fourth-order valence-electron chi connectivity index (χ4n) is 1.28. The van der Waals surface area contributed by atoms with E-state index >= 15 is 0 Å². The van der Waals surface area contributed by atoms with E-state index in [0.717, 1.165) is 11.1 Å². The summed E-state index contributed by atoms with van der Waals surface area (Å²) in [5.41, 5.74) is 2.26. The van der Waals surface area contributed by atoms with Crippen molar-refractivity contribution >= 4 is 11.9 Å². The van der Waals surface area contributed by atoms with Gasteiger partial charge in [0.2, 0.25) is 0 Å². The molecular formula is C12H14O. The van der Waals surface area contributed by atoms with Crippen molar-refractivity contribution in [1.29, 1.82) is 0 Å². The lowest BCUT2D eigenvalue weighted by atomic mass is 10.1. The highest BCUT2D eigenvalue weighted by molar-refractivity contribution is 5.79. The fraction of sp³-hybridized carbons (Fsp3) is 0.250. The van der Waals surface area contributed by atoms with Gasteiger partial charge in [-0.05, 0) is 19.4 Å². The summed E-state index contributed by atoms with van der Waals surface area (Å²) in [6, 6.07) is 10.0. The number of carbonyl (C=O) groups is 1. The van der Waals surface area contributed by atoms with Crippen LogP contribution in [0, 0.1) is 0 Å². The van der Waals surface area contributed by atoms with Gasteiger partial charge in [0.1, 0.15) is 5.78 Å². The second-order valence-corrected chi connectivity index (χ2v) is 3.28. The minimum atomic E-state index is 0.213. The Bertz CT molecular complexity index is 309. The average molecular weight is 174 g/mol. The molecule has 1 rings (SSSR count). The second-order valence-electron chi connectivity index (χ2n) is 3.28. The van der Waals surface area contributed by atoms with Gasteiger partial charge in [-0.15, -0.1) is 0 Å². The van der Waals surface area contributed by atoms with Gasteiger partial charge in [0.25, 0.3) is 0 Å². The molecule has 0 unspecified atom stereocenters. The molecular weight excluding hydrogens is 160 g/mol. The molecule has 0 saturated carbocycles. The highest BCUT2D eigenvalue weighted by Crippen LogP contribution is 2.08. The standard InChI is InChI=1S/C12H14O/c1-10(8-11(2)13)9-12-6-4-3-5-7-12/h3-7,9H,8H2,1-2H3/b10-9-. The van der Waals surface area contributed by atoms with Gasteiger partial charge in [0, 0.05) is 6.42 Å². The summed E-state index contributed by atoms with van der Waals surface area (Å²) < 4.78 is 0. The Balaban J connectivity index is 2.71. The molecule has 1 nitrogen and oxygen atoms in total. The number of hydrogen-bond donors (Lipinski definition) is 0. The number of Topliss-reactive ketones (excluding diaryl/α,β-unsaturated/α-hetero) is 1. The monoisotopic (exact) mass is 174 g/mol. The predicted molar refractivity (Wildman–Crippen MR) is 55.4 cm³/mol. The smallest absolute Gasteiger partial charge is 0.133 e. The summed E-state index contributed by atoms with van der Waals surface area (Å²) >= 11 is 0. The highest BCUT2D eigenvalue weighted by atomic mass is 16.1. The van der Waals surface area contributed by atoms with Crippen molar-refractivity contribution in [2.24, 2.45) is 0 Å². The second kappa shape index (κ2) is 4.61. The maximum atomic E-state index is 10.8. The van der Waals surface area contributed by atoms with Gasteiger partial charge in [-0.2, -0.15) is 0 Å². The Morgan fingerprint density at radius 1 is 1.23 bits per heavy atom. The van der Waals surface area contributed by atoms with Crippen molar-refractivity contribution in [3.63, 3.8) is 0 Å². The molecule has 0 heterocycles. The summed E-state index contributed by atoms with van der Waals surface area (Å²) in [6.07, 6.45) is 2.59. The normalized spacial score (nSPS) is 11.4. The van der Waals surface area contributed by atoms with Crippen LogP contribution in [0.25, 0.3) is 6.08 Å². The van der Waals surface area contributed by atoms with E-state index in [4.69, 9.17) is 0 Å². The maximum absolute atomic E-state index is 10.8. The van der Waals surface area contributed by atoms with Gasteiger partial charge in [-0.1, -0.05) is 42.0 Å². The SMILES string of the molecule is CC(=O)C/C(C)=C\c1ccccc1. The Morgan fingerprint density at radius 2 is 1.85 bits per heavy atom. The van der Waals surface area contributed by atoms with E-state index in [9.17, 15) is 4.79 Å². The first-order chi connectivity index (χ1) is 6.18. The van der Waals surface area contributed by atoms with Gasteiger partial charge >= 0.3 is 0 Å². The zero-order valence-corrected chi connectivity index (χ0v) is 8.08. The summed E-state index contributed by atoms with van der Waals surface area (Å²) in [6.45, 7) is 3.59. The molecule has 0 aliphatic carbocycles. The summed E-state index contributed by atoms with van der Waals surface area (Å²) in [4.78, 5) is 10.8. The van der Waals surface area contributed by atoms with Gasteiger partial charge in [0.15, 0.2) is 0 Å². The van der Waals surface area contributed by atoms with Crippen LogP contribution in [-0.2, 0) is 4.79 Å². The maximum Gasteiger partial charge on any atom is 0.133 e. The van der Waals surface area contributed by atoms with Crippen LogP contribution in [0.15, 0.2) is 35.9 Å². The molecule has 1 heteroatoms. The molecule has 0 spiro atoms. The molecule has 68 valence electrons. The fourth-order valence-corrected chi connectivity index (χ4v) is 1.28. The zero-order valence-electron chi connectivity index (χ0n) is 8.08. The van der Waals surface area contributed by atoms with Gasteiger partial charge in [-0.25, -0.2) is 0 Å². The Morgan fingerprint density at radius 3 is 2.38 bits per heavy atom. The number of allylic oxidation sites excluding steroid dienone is 1. The van der Waals surface area contributed by atoms with E-state index in [0.29, 0.717) is 6.42 Å². The quantitative estimate of drug-likeness (QED) is 0.688. The van der Waals surface area contributed by atoms with Gasteiger partial charge in [-0.3, -0.25) is 4.79 Å². The van der Waals surface area contributed by atoms with Crippen molar-refractivity contribution in [2.45, 2.75) is 20.3 Å². The Hall–Kier alpha value is -1.37. The van der Waals surface area contributed by atoms with Crippen LogP contribution in [0.1, 0.15) is 25.8 Å². The Kier molecular flexibility index (Phi) is 3.44. The van der Waals surface area contributed by atoms with E-state index in [1.165, 1.54) is 0 Å². The van der Waals surface area contributed by atoms with Crippen molar-refractivity contribution in [3.05, 3.63) is 41.5 Å². The minimum Gasteiger partial charge on any atom is -0.300 e. The molecule has 0 saturated heterocycles. The van der Waals surface area contributed by atoms with Crippen molar-refractivity contribution in [1.82, 2.24) is 0 Å². The van der Waals surface area contributed by atoms with Gasteiger partial charge in [0.05, 0.1) is 0 Å². The van der Waals surface area contributed by atoms with Crippen molar-refractivity contribution < 1.29 is 4.79 Å². The van der Waals surface area contributed by atoms with E-state index in [1.54, 1.807) is 6.92 Å². The van der Waals surface area contributed by atoms with E-state index in [2.05, 4.69) is 0 Å². The topological polar surface area (TPSA) is 17.1 Å². The minimum absolute atomic E-state index is 0.213. The van der Waals surface area contributed by atoms with Crippen LogP contribution < -0.4 is 0 Å². The van der Waals surface area contributed by atoms with E-state index in [-0.39, 0.29) is 5.78 Å². The molecule has 1 aromatic carbocycles. The van der Waals surface area contributed by atoms with Crippen LogP contribution in [0.3, 0.4) is 0 Å². The highest BCUT2D eigenvalue weighted by Gasteiger charge is 1.94. The summed E-state index contributed by atoms with van der Waals surface area (Å²) in [7, 11) is 0. The van der Waals surface area contributed by atoms with Crippen LogP contribution >= 0.6 is 0 Å². The molecule has 0 fully saturated rings. The third kappa shape index (κ3) is 3.70. The van der Waals surface area contributed by atoms with Crippen LogP contribution in [-0.4, -0.2) is 5.78 Å². The largest absolute Gasteiger partial charge is 0.300 e. The lowest BCUT2D eigenvalue weighted by Gasteiger charge is -1.97. The van der Waals surface area contributed by atoms with E-state index in [1.807, 2.05) is 43.3 Å². The third-order valence-corrected chi connectivity index (χ3v) is 1.74. The molecule has 0 aromatic heterocycles. The van der Waals surface area contributed by atoms with E-state index < -0.39 is 0 Å². The molecule has 0 N–H and O–H groups in total. The average Bonchev–Trinajstić information content (AvgIpc) is 2.04. The molecule has 13 heavy (non-hydrogen) atoms. The zero-order chi connectivity index (χ0) is 9.68. The molecule has 0 aliphatic heterocycles. The first-order valence-electron chi connectivity index (χ1n) is 4.40. The molecule has 0 radical (unpaired) electrons. The number of ketones is 1. The summed E-state index contributed by atoms with van der Waals surface area (Å²) in [5, 5.41) is 0. The summed E-state index contributed by atoms with van der Waals surface area (Å²) in [5.74, 6) is 0.213. The third-order valence-electron chi connectivity index (χ3n) is 1.74.